The van der Waals surface area contributed by atoms with E-state index in [2.05, 4.69) is 11.4 Å². The molecule has 1 rings (SSSR count). The van der Waals surface area contributed by atoms with Crippen molar-refractivity contribution in [2.75, 3.05) is 18.9 Å². The van der Waals surface area contributed by atoms with Gasteiger partial charge in [0, 0.05) is 5.69 Å². The zero-order chi connectivity index (χ0) is 14.6. The van der Waals surface area contributed by atoms with Gasteiger partial charge in [0.2, 0.25) is 5.91 Å². The van der Waals surface area contributed by atoms with Crippen LogP contribution in [0, 0.1) is 32.1 Å². The number of hydrogen-bond donors (Lipinski definition) is 1. The topological polar surface area (TPSA) is 56.1 Å². The highest BCUT2D eigenvalue weighted by Gasteiger charge is 2.14. The summed E-state index contributed by atoms with van der Waals surface area (Å²) in [6.45, 7) is 7.99. The van der Waals surface area contributed by atoms with E-state index in [4.69, 9.17) is 5.26 Å². The number of amides is 1. The Bertz CT molecular complexity index is 494. The van der Waals surface area contributed by atoms with Crippen molar-refractivity contribution < 1.29 is 4.79 Å². The van der Waals surface area contributed by atoms with Crippen LogP contribution in [0.15, 0.2) is 12.1 Å². The van der Waals surface area contributed by atoms with Crippen molar-refractivity contribution in [3.8, 4) is 6.07 Å². The fraction of sp³-hybridized carbons (Fsp3) is 0.467. The molecule has 0 bridgehead atoms. The molecular formula is C15H21N3O. The number of nitrogens with zero attached hydrogens (tertiary/aromatic N) is 2. The molecule has 4 heteroatoms. The van der Waals surface area contributed by atoms with Crippen molar-refractivity contribution in [2.24, 2.45) is 0 Å². The van der Waals surface area contributed by atoms with Crippen LogP contribution >= 0.6 is 0 Å². The maximum atomic E-state index is 12.0. The molecule has 0 aliphatic heterocycles. The highest BCUT2D eigenvalue weighted by molar-refractivity contribution is 5.93. The highest BCUT2D eigenvalue weighted by Crippen LogP contribution is 2.21. The van der Waals surface area contributed by atoms with Gasteiger partial charge in [-0.15, -0.1) is 0 Å². The fourth-order valence-corrected chi connectivity index (χ4v) is 2.02. The number of rotatable bonds is 4. The van der Waals surface area contributed by atoms with E-state index < -0.39 is 0 Å². The highest BCUT2D eigenvalue weighted by atomic mass is 16.2. The Hall–Kier alpha value is -1.86. The molecule has 0 saturated carbocycles. The van der Waals surface area contributed by atoms with Crippen LogP contribution in [0.25, 0.3) is 0 Å². The predicted molar refractivity (Wildman–Crippen MR) is 77.0 cm³/mol. The molecule has 0 fully saturated rings. The Balaban J connectivity index is 2.76. The zero-order valence-corrected chi connectivity index (χ0v) is 12.2. The minimum absolute atomic E-state index is 0.0975. The summed E-state index contributed by atoms with van der Waals surface area (Å²) in [5.41, 5.74) is 4.17. The number of carbonyl (C=O) groups is 1. The van der Waals surface area contributed by atoms with Crippen molar-refractivity contribution in [3.05, 3.63) is 28.8 Å². The third-order valence-electron chi connectivity index (χ3n) is 3.18. The first-order valence-electron chi connectivity index (χ1n) is 6.32. The van der Waals surface area contributed by atoms with E-state index in [0.29, 0.717) is 0 Å². The lowest BCUT2D eigenvalue weighted by Crippen LogP contribution is -2.35. The first-order valence-corrected chi connectivity index (χ1v) is 6.32. The Morgan fingerprint density at radius 2 is 1.89 bits per heavy atom. The van der Waals surface area contributed by atoms with Crippen LogP contribution in [0.5, 0.6) is 0 Å². The number of anilines is 1. The maximum Gasteiger partial charge on any atom is 0.238 e. The molecule has 19 heavy (non-hydrogen) atoms. The zero-order valence-electron chi connectivity index (χ0n) is 12.2. The molecule has 0 aromatic heterocycles. The van der Waals surface area contributed by atoms with Crippen LogP contribution in [-0.4, -0.2) is 30.4 Å². The van der Waals surface area contributed by atoms with Crippen LogP contribution < -0.4 is 5.32 Å². The van der Waals surface area contributed by atoms with Gasteiger partial charge in [-0.25, -0.2) is 0 Å². The molecule has 0 radical (unpaired) electrons. The number of nitrogens with one attached hydrogen (secondary N) is 1. The summed E-state index contributed by atoms with van der Waals surface area (Å²) in [6.07, 6.45) is 0. The maximum absolute atomic E-state index is 12.0. The van der Waals surface area contributed by atoms with Crippen molar-refractivity contribution in [3.63, 3.8) is 0 Å². The second-order valence-corrected chi connectivity index (χ2v) is 5.04. The summed E-state index contributed by atoms with van der Waals surface area (Å²) in [4.78, 5) is 13.7. The lowest BCUT2D eigenvalue weighted by Gasteiger charge is -2.19. The average molecular weight is 259 g/mol. The molecule has 0 unspecified atom stereocenters. The minimum Gasteiger partial charge on any atom is -0.324 e. The smallest absolute Gasteiger partial charge is 0.238 e. The van der Waals surface area contributed by atoms with Gasteiger partial charge in [0.15, 0.2) is 0 Å². The third kappa shape index (κ3) is 4.08. The van der Waals surface area contributed by atoms with E-state index in [9.17, 15) is 4.79 Å². The summed E-state index contributed by atoms with van der Waals surface area (Å²) in [5.74, 6) is -0.0975. The van der Waals surface area contributed by atoms with Crippen LogP contribution in [-0.2, 0) is 4.79 Å². The van der Waals surface area contributed by atoms with Crippen molar-refractivity contribution in [1.82, 2.24) is 4.90 Å². The first-order chi connectivity index (χ1) is 8.85. The lowest BCUT2D eigenvalue weighted by molar-refractivity contribution is -0.117. The summed E-state index contributed by atoms with van der Waals surface area (Å²) < 4.78 is 0. The molecule has 0 aliphatic rings. The summed E-state index contributed by atoms with van der Waals surface area (Å²) in [6, 6.07) is 5.93. The Morgan fingerprint density at radius 3 is 2.37 bits per heavy atom. The van der Waals surface area contributed by atoms with Gasteiger partial charge in [0.1, 0.15) is 0 Å². The van der Waals surface area contributed by atoms with Gasteiger partial charge >= 0.3 is 0 Å². The monoisotopic (exact) mass is 259 g/mol. The minimum atomic E-state index is -0.272. The standard InChI is InChI=1S/C15H21N3O/c1-10-6-11(2)15(12(3)7-10)17-14(19)9-18(5)13(4)8-16/h6-7,13H,9H2,1-5H3,(H,17,19)/t13-/m1/s1. The number of aryl methyl sites for hydroxylation is 3. The fourth-order valence-electron chi connectivity index (χ4n) is 2.02. The molecule has 4 nitrogen and oxygen atoms in total. The van der Waals surface area contributed by atoms with Gasteiger partial charge in [0.05, 0.1) is 18.7 Å². The molecule has 0 saturated heterocycles. The quantitative estimate of drug-likeness (QED) is 0.903. The average Bonchev–Trinajstić information content (AvgIpc) is 2.32. The van der Waals surface area contributed by atoms with Crippen LogP contribution in [0.3, 0.4) is 0 Å². The molecule has 1 amide bonds. The van der Waals surface area contributed by atoms with E-state index in [1.54, 1.807) is 18.9 Å². The summed E-state index contributed by atoms with van der Waals surface area (Å²) in [7, 11) is 1.77. The molecule has 0 heterocycles. The van der Waals surface area contributed by atoms with Gasteiger partial charge in [-0.1, -0.05) is 17.7 Å². The van der Waals surface area contributed by atoms with Gasteiger partial charge in [-0.05, 0) is 45.9 Å². The molecule has 102 valence electrons. The van der Waals surface area contributed by atoms with E-state index in [1.165, 1.54) is 5.56 Å². The molecule has 1 aromatic rings. The van der Waals surface area contributed by atoms with Gasteiger partial charge < -0.3 is 5.32 Å². The van der Waals surface area contributed by atoms with Gasteiger partial charge in [-0.2, -0.15) is 5.26 Å². The predicted octanol–water partition coefficient (Wildman–Crippen LogP) is 2.39. The van der Waals surface area contributed by atoms with Crippen molar-refractivity contribution in [1.29, 1.82) is 5.26 Å². The summed E-state index contributed by atoms with van der Waals surface area (Å²) in [5, 5.41) is 11.7. The second-order valence-electron chi connectivity index (χ2n) is 5.04. The Labute approximate surface area is 115 Å². The largest absolute Gasteiger partial charge is 0.324 e. The Kier molecular flexibility index (Phi) is 5.08. The molecule has 1 atom stereocenters. The normalized spacial score (nSPS) is 12.1. The van der Waals surface area contributed by atoms with Crippen molar-refractivity contribution >= 4 is 11.6 Å². The molecule has 0 spiro atoms. The van der Waals surface area contributed by atoms with Gasteiger partial charge in [-0.3, -0.25) is 9.69 Å². The van der Waals surface area contributed by atoms with Crippen LogP contribution in [0.2, 0.25) is 0 Å². The number of benzene rings is 1. The Morgan fingerprint density at radius 1 is 1.37 bits per heavy atom. The second kappa shape index (κ2) is 6.35. The van der Waals surface area contributed by atoms with E-state index in [-0.39, 0.29) is 18.5 Å². The van der Waals surface area contributed by atoms with E-state index >= 15 is 0 Å². The first kappa shape index (κ1) is 15.2. The van der Waals surface area contributed by atoms with Crippen molar-refractivity contribution in [2.45, 2.75) is 33.7 Å². The molecule has 1 N–H and O–H groups in total. The SMILES string of the molecule is Cc1cc(C)c(NC(=O)CN(C)[C@H](C)C#N)c(C)c1. The molecule has 1 aromatic carbocycles. The van der Waals surface area contributed by atoms with Gasteiger partial charge in [0.25, 0.3) is 0 Å². The number of carbonyl (C=O) groups excluding carboxylic acids is 1. The molecule has 0 aliphatic carbocycles. The van der Waals surface area contributed by atoms with Crippen LogP contribution in [0.1, 0.15) is 23.6 Å². The number of likely N-dealkylation sites (N-methyl/N-ethyl adjacent to an activating group) is 1. The third-order valence-corrected chi connectivity index (χ3v) is 3.18. The lowest BCUT2D eigenvalue weighted by atomic mass is 10.1. The van der Waals surface area contributed by atoms with E-state index in [1.807, 2.05) is 32.9 Å². The number of hydrogen-bond acceptors (Lipinski definition) is 3. The molecular weight excluding hydrogens is 238 g/mol. The van der Waals surface area contributed by atoms with E-state index in [0.717, 1.165) is 16.8 Å². The number of nitriles is 1. The summed E-state index contributed by atoms with van der Waals surface area (Å²) >= 11 is 0. The van der Waals surface area contributed by atoms with Crippen LogP contribution in [0.4, 0.5) is 5.69 Å².